The smallest absolute Gasteiger partial charge is 0.254 e. The van der Waals surface area contributed by atoms with Gasteiger partial charge in [0, 0.05) is 12.1 Å². The Balaban J connectivity index is 1.97. The third kappa shape index (κ3) is 2.63. The highest BCUT2D eigenvalue weighted by Crippen LogP contribution is 2.23. The van der Waals surface area contributed by atoms with Gasteiger partial charge in [0.2, 0.25) is 0 Å². The third-order valence-corrected chi connectivity index (χ3v) is 4.29. The van der Waals surface area contributed by atoms with Crippen molar-refractivity contribution >= 4 is 5.91 Å². The molecule has 0 saturated carbocycles. The summed E-state index contributed by atoms with van der Waals surface area (Å²) < 4.78 is 0. The molecule has 3 unspecified atom stereocenters. The fourth-order valence-corrected chi connectivity index (χ4v) is 2.97. The van der Waals surface area contributed by atoms with Gasteiger partial charge in [0.15, 0.2) is 0 Å². The maximum absolute atomic E-state index is 12.3. The second-order valence-corrected chi connectivity index (χ2v) is 5.84. The molecule has 0 bridgehead atoms. The largest absolute Gasteiger partial charge is 0.304 e. The number of hydrogen-bond donors (Lipinski definition) is 2. The van der Waals surface area contributed by atoms with Gasteiger partial charge in [0.05, 0.1) is 5.54 Å². The Hall–Kier alpha value is -0.610. The lowest BCUT2D eigenvalue weighted by Gasteiger charge is -2.40. The highest BCUT2D eigenvalue weighted by atomic mass is 16.2. The average molecular weight is 239 g/mol. The minimum atomic E-state index is -0.364. The van der Waals surface area contributed by atoms with Crippen molar-refractivity contribution in [2.24, 2.45) is 0 Å². The number of carbonyl (C=O) groups is 1. The van der Waals surface area contributed by atoms with E-state index in [1.165, 1.54) is 19.3 Å². The van der Waals surface area contributed by atoms with Crippen LogP contribution in [0, 0.1) is 0 Å². The molecule has 2 saturated heterocycles. The van der Waals surface area contributed by atoms with Crippen LogP contribution in [0.2, 0.25) is 0 Å². The van der Waals surface area contributed by atoms with E-state index in [4.69, 9.17) is 0 Å². The lowest BCUT2D eigenvalue weighted by atomic mass is 9.98. The van der Waals surface area contributed by atoms with Crippen LogP contribution in [0.25, 0.3) is 0 Å². The molecule has 4 nitrogen and oxygen atoms in total. The molecule has 17 heavy (non-hydrogen) atoms. The summed E-state index contributed by atoms with van der Waals surface area (Å²) in [4.78, 5) is 12.3. The standard InChI is InChI=1S/C13H25N3O/c1-10-6-4-7-11(2)16(10)15-12(17)13(3)8-5-9-14-13/h10-11,14H,4-9H2,1-3H3,(H,15,17). The highest BCUT2D eigenvalue weighted by molar-refractivity contribution is 5.85. The van der Waals surface area contributed by atoms with Crippen molar-refractivity contribution in [1.29, 1.82) is 0 Å². The molecule has 2 heterocycles. The average Bonchev–Trinajstić information content (AvgIpc) is 2.72. The zero-order chi connectivity index (χ0) is 12.5. The van der Waals surface area contributed by atoms with E-state index in [1.807, 2.05) is 6.92 Å². The number of hydrogen-bond acceptors (Lipinski definition) is 3. The number of nitrogens with one attached hydrogen (secondary N) is 2. The van der Waals surface area contributed by atoms with Gasteiger partial charge in [-0.15, -0.1) is 0 Å². The van der Waals surface area contributed by atoms with Crippen LogP contribution in [-0.4, -0.2) is 35.1 Å². The summed E-state index contributed by atoms with van der Waals surface area (Å²) in [5.41, 5.74) is 2.77. The van der Waals surface area contributed by atoms with Gasteiger partial charge in [0.25, 0.3) is 5.91 Å². The fourth-order valence-electron chi connectivity index (χ4n) is 2.97. The highest BCUT2D eigenvalue weighted by Gasteiger charge is 2.38. The predicted molar refractivity (Wildman–Crippen MR) is 68.4 cm³/mol. The van der Waals surface area contributed by atoms with Crippen LogP contribution in [0.3, 0.4) is 0 Å². The molecule has 2 aliphatic rings. The summed E-state index contributed by atoms with van der Waals surface area (Å²) in [6.07, 6.45) is 5.65. The van der Waals surface area contributed by atoms with Crippen molar-refractivity contribution in [3.8, 4) is 0 Å². The number of rotatable bonds is 2. The Labute approximate surface area is 104 Å². The molecule has 3 atom stereocenters. The van der Waals surface area contributed by atoms with E-state index in [2.05, 4.69) is 29.6 Å². The van der Waals surface area contributed by atoms with E-state index >= 15 is 0 Å². The summed E-state index contributed by atoms with van der Waals surface area (Å²) >= 11 is 0. The van der Waals surface area contributed by atoms with E-state index in [9.17, 15) is 4.79 Å². The molecule has 0 aromatic carbocycles. The number of amides is 1. The van der Waals surface area contributed by atoms with Crippen molar-refractivity contribution < 1.29 is 4.79 Å². The van der Waals surface area contributed by atoms with Crippen LogP contribution in [0.15, 0.2) is 0 Å². The first kappa shape index (κ1) is 12.8. The minimum absolute atomic E-state index is 0.135. The molecule has 0 radical (unpaired) electrons. The normalized spacial score (nSPS) is 39.2. The first-order chi connectivity index (χ1) is 8.03. The quantitative estimate of drug-likeness (QED) is 0.766. The molecule has 1 amide bonds. The van der Waals surface area contributed by atoms with Crippen LogP contribution < -0.4 is 10.7 Å². The molecule has 0 aromatic rings. The number of hydrazine groups is 1. The van der Waals surface area contributed by atoms with Crippen molar-refractivity contribution in [2.45, 2.75) is 70.5 Å². The maximum Gasteiger partial charge on any atom is 0.254 e. The summed E-state index contributed by atoms with van der Waals surface area (Å²) in [5.74, 6) is 0.135. The Morgan fingerprint density at radius 3 is 2.47 bits per heavy atom. The maximum atomic E-state index is 12.3. The van der Waals surface area contributed by atoms with Gasteiger partial charge in [-0.05, 0) is 53.0 Å². The second kappa shape index (κ2) is 4.94. The first-order valence-electron chi connectivity index (χ1n) is 6.87. The molecule has 2 rings (SSSR count). The Morgan fingerprint density at radius 2 is 1.94 bits per heavy atom. The van der Waals surface area contributed by atoms with Gasteiger partial charge < -0.3 is 5.32 Å². The fraction of sp³-hybridized carbons (Fsp3) is 0.923. The van der Waals surface area contributed by atoms with Crippen LogP contribution in [-0.2, 0) is 4.79 Å². The van der Waals surface area contributed by atoms with Gasteiger partial charge in [-0.2, -0.15) is 0 Å². The molecule has 0 aromatic heterocycles. The predicted octanol–water partition coefficient (Wildman–Crippen LogP) is 1.42. The van der Waals surface area contributed by atoms with Crippen LogP contribution in [0.4, 0.5) is 0 Å². The first-order valence-corrected chi connectivity index (χ1v) is 6.87. The van der Waals surface area contributed by atoms with Crippen molar-refractivity contribution in [2.75, 3.05) is 6.54 Å². The van der Waals surface area contributed by atoms with Crippen LogP contribution >= 0.6 is 0 Å². The number of nitrogens with zero attached hydrogens (tertiary/aromatic N) is 1. The molecule has 2 aliphatic heterocycles. The molecule has 2 fully saturated rings. The van der Waals surface area contributed by atoms with Crippen molar-refractivity contribution in [1.82, 2.24) is 15.8 Å². The lowest BCUT2D eigenvalue weighted by Crippen LogP contribution is -2.61. The van der Waals surface area contributed by atoms with E-state index in [-0.39, 0.29) is 11.4 Å². The summed E-state index contributed by atoms with van der Waals surface area (Å²) in [7, 11) is 0. The summed E-state index contributed by atoms with van der Waals surface area (Å²) in [6, 6.07) is 0.903. The number of carbonyl (C=O) groups excluding carboxylic acids is 1. The van der Waals surface area contributed by atoms with Gasteiger partial charge in [-0.25, -0.2) is 5.01 Å². The topological polar surface area (TPSA) is 44.4 Å². The Kier molecular flexibility index (Phi) is 3.73. The van der Waals surface area contributed by atoms with Crippen molar-refractivity contribution in [3.63, 3.8) is 0 Å². The summed E-state index contributed by atoms with van der Waals surface area (Å²) in [5, 5.41) is 5.46. The van der Waals surface area contributed by atoms with Gasteiger partial charge in [0.1, 0.15) is 0 Å². The Bertz CT molecular complexity index is 276. The van der Waals surface area contributed by atoms with Crippen LogP contribution in [0.1, 0.15) is 52.9 Å². The van der Waals surface area contributed by atoms with Crippen molar-refractivity contribution in [3.05, 3.63) is 0 Å². The van der Waals surface area contributed by atoms with Gasteiger partial charge in [-0.1, -0.05) is 6.42 Å². The van der Waals surface area contributed by atoms with E-state index in [0.29, 0.717) is 12.1 Å². The van der Waals surface area contributed by atoms with Crippen LogP contribution in [0.5, 0.6) is 0 Å². The molecule has 2 N–H and O–H groups in total. The Morgan fingerprint density at radius 1 is 1.29 bits per heavy atom. The van der Waals surface area contributed by atoms with Gasteiger partial charge >= 0.3 is 0 Å². The molecule has 4 heteroatoms. The van der Waals surface area contributed by atoms with E-state index in [1.54, 1.807) is 0 Å². The molecule has 0 aliphatic carbocycles. The minimum Gasteiger partial charge on any atom is -0.304 e. The van der Waals surface area contributed by atoms with E-state index in [0.717, 1.165) is 19.4 Å². The van der Waals surface area contributed by atoms with E-state index < -0.39 is 0 Å². The third-order valence-electron chi connectivity index (χ3n) is 4.29. The van der Waals surface area contributed by atoms with Gasteiger partial charge in [-0.3, -0.25) is 10.2 Å². The summed E-state index contributed by atoms with van der Waals surface area (Å²) in [6.45, 7) is 7.35. The zero-order valence-corrected chi connectivity index (χ0v) is 11.3. The number of piperidine rings is 1. The zero-order valence-electron chi connectivity index (χ0n) is 11.3. The SMILES string of the molecule is CC1CCCC(C)N1NC(=O)C1(C)CCCN1. The molecule has 0 spiro atoms. The second-order valence-electron chi connectivity index (χ2n) is 5.84. The molecular weight excluding hydrogens is 214 g/mol. The monoisotopic (exact) mass is 239 g/mol. The molecular formula is C13H25N3O. The lowest BCUT2D eigenvalue weighted by molar-refractivity contribution is -0.135. The molecule has 98 valence electrons.